The Morgan fingerprint density at radius 2 is 1.62 bits per heavy atom. The molecule has 0 amide bonds. The zero-order valence-corrected chi connectivity index (χ0v) is 11.4. The number of nitrogens with two attached hydrogens (primary N) is 1. The Hall–Kier alpha value is -0.0800. The molecule has 1 aliphatic carbocycles. The highest BCUT2D eigenvalue weighted by Gasteiger charge is 2.22. The average Bonchev–Trinajstić information content (AvgIpc) is 2.70. The summed E-state index contributed by atoms with van der Waals surface area (Å²) >= 11 is 0. The van der Waals surface area contributed by atoms with Crippen LogP contribution in [0.1, 0.15) is 59.3 Å². The highest BCUT2D eigenvalue weighted by Crippen LogP contribution is 2.24. The molecule has 1 unspecified atom stereocenters. The molecule has 1 aliphatic rings. The van der Waals surface area contributed by atoms with Gasteiger partial charge in [-0.2, -0.15) is 0 Å². The topological polar surface area (TPSA) is 29.3 Å². The molecule has 0 aromatic carbocycles. The summed E-state index contributed by atoms with van der Waals surface area (Å²) in [6, 6.07) is 1.21. The van der Waals surface area contributed by atoms with Gasteiger partial charge in [0.05, 0.1) is 0 Å². The lowest BCUT2D eigenvalue weighted by Gasteiger charge is -2.30. The minimum Gasteiger partial charge on any atom is -0.328 e. The molecule has 1 rings (SSSR count). The van der Waals surface area contributed by atoms with Gasteiger partial charge in [-0.1, -0.05) is 26.7 Å². The third-order valence-electron chi connectivity index (χ3n) is 3.71. The first-order chi connectivity index (χ1) is 7.59. The highest BCUT2D eigenvalue weighted by molar-refractivity contribution is 4.78. The molecule has 0 bridgehead atoms. The zero-order valence-electron chi connectivity index (χ0n) is 11.4. The van der Waals surface area contributed by atoms with Gasteiger partial charge in [0.25, 0.3) is 0 Å². The molecule has 1 fully saturated rings. The predicted molar refractivity (Wildman–Crippen MR) is 71.6 cm³/mol. The third-order valence-corrected chi connectivity index (χ3v) is 3.71. The van der Waals surface area contributed by atoms with E-state index in [2.05, 4.69) is 25.7 Å². The summed E-state index contributed by atoms with van der Waals surface area (Å²) in [7, 11) is 0. The molecule has 0 radical (unpaired) electrons. The van der Waals surface area contributed by atoms with Crippen molar-refractivity contribution in [3.8, 4) is 0 Å². The molecule has 2 heteroatoms. The van der Waals surface area contributed by atoms with E-state index in [1.165, 1.54) is 45.2 Å². The van der Waals surface area contributed by atoms with Crippen molar-refractivity contribution in [2.45, 2.75) is 71.4 Å². The number of hydrogen-bond donors (Lipinski definition) is 1. The second-order valence-electron chi connectivity index (χ2n) is 5.92. The molecule has 2 nitrogen and oxygen atoms in total. The van der Waals surface area contributed by atoms with Gasteiger partial charge in [-0.15, -0.1) is 0 Å². The summed E-state index contributed by atoms with van der Waals surface area (Å²) < 4.78 is 0. The van der Waals surface area contributed by atoms with Crippen LogP contribution in [0.15, 0.2) is 0 Å². The monoisotopic (exact) mass is 226 g/mol. The van der Waals surface area contributed by atoms with Crippen LogP contribution in [0.25, 0.3) is 0 Å². The number of nitrogens with zero attached hydrogens (tertiary/aromatic N) is 1. The SMILES string of the molecule is CC(C)CCN(CCC(C)N)C1CCCC1. The van der Waals surface area contributed by atoms with Crippen LogP contribution >= 0.6 is 0 Å². The lowest BCUT2D eigenvalue weighted by atomic mass is 10.1. The molecule has 1 atom stereocenters. The van der Waals surface area contributed by atoms with Crippen molar-refractivity contribution in [2.75, 3.05) is 13.1 Å². The van der Waals surface area contributed by atoms with E-state index in [4.69, 9.17) is 5.73 Å². The van der Waals surface area contributed by atoms with Crippen LogP contribution in [0.3, 0.4) is 0 Å². The Labute approximate surface area is 102 Å². The van der Waals surface area contributed by atoms with Gasteiger partial charge in [0.15, 0.2) is 0 Å². The van der Waals surface area contributed by atoms with E-state index in [1.54, 1.807) is 0 Å². The minimum absolute atomic E-state index is 0.350. The molecular weight excluding hydrogens is 196 g/mol. The average molecular weight is 226 g/mol. The van der Waals surface area contributed by atoms with Gasteiger partial charge in [-0.3, -0.25) is 0 Å². The van der Waals surface area contributed by atoms with E-state index in [1.807, 2.05) is 0 Å². The number of rotatable bonds is 7. The van der Waals surface area contributed by atoms with Crippen LogP contribution in [-0.2, 0) is 0 Å². The van der Waals surface area contributed by atoms with Crippen molar-refractivity contribution in [1.82, 2.24) is 4.90 Å². The van der Waals surface area contributed by atoms with E-state index in [-0.39, 0.29) is 0 Å². The maximum Gasteiger partial charge on any atom is 0.00952 e. The van der Waals surface area contributed by atoms with Gasteiger partial charge in [-0.25, -0.2) is 0 Å². The van der Waals surface area contributed by atoms with Gasteiger partial charge in [0.1, 0.15) is 0 Å². The molecule has 1 saturated carbocycles. The summed E-state index contributed by atoms with van der Waals surface area (Å²) in [5.41, 5.74) is 5.87. The van der Waals surface area contributed by atoms with Crippen molar-refractivity contribution < 1.29 is 0 Å². The first-order valence-electron chi connectivity index (χ1n) is 7.09. The standard InChI is InChI=1S/C14H30N2/c1-12(2)8-10-16(11-9-13(3)15)14-6-4-5-7-14/h12-14H,4-11,15H2,1-3H3. The molecule has 16 heavy (non-hydrogen) atoms. The summed E-state index contributed by atoms with van der Waals surface area (Å²) in [6.45, 7) is 9.23. The second kappa shape index (κ2) is 7.29. The Bertz CT molecular complexity index is 160. The van der Waals surface area contributed by atoms with E-state index in [0.717, 1.165) is 18.4 Å². The minimum atomic E-state index is 0.350. The van der Waals surface area contributed by atoms with Crippen LogP contribution in [0.4, 0.5) is 0 Å². The summed E-state index contributed by atoms with van der Waals surface area (Å²) in [5.74, 6) is 0.819. The van der Waals surface area contributed by atoms with Crippen LogP contribution in [0.5, 0.6) is 0 Å². The summed E-state index contributed by atoms with van der Waals surface area (Å²) in [4.78, 5) is 2.70. The lowest BCUT2D eigenvalue weighted by molar-refractivity contribution is 0.183. The Kier molecular flexibility index (Phi) is 6.37. The third kappa shape index (κ3) is 5.31. The second-order valence-corrected chi connectivity index (χ2v) is 5.92. The van der Waals surface area contributed by atoms with E-state index in [9.17, 15) is 0 Å². The normalized spacial score (nSPS) is 19.9. The highest BCUT2D eigenvalue weighted by atomic mass is 15.2. The first-order valence-corrected chi connectivity index (χ1v) is 7.09. The van der Waals surface area contributed by atoms with Gasteiger partial charge in [0.2, 0.25) is 0 Å². The van der Waals surface area contributed by atoms with Gasteiger partial charge >= 0.3 is 0 Å². The van der Waals surface area contributed by atoms with Crippen LogP contribution < -0.4 is 5.73 Å². The van der Waals surface area contributed by atoms with Gasteiger partial charge in [0, 0.05) is 12.1 Å². The van der Waals surface area contributed by atoms with Crippen molar-refractivity contribution in [1.29, 1.82) is 0 Å². The fourth-order valence-electron chi connectivity index (χ4n) is 2.54. The molecule has 0 heterocycles. The zero-order chi connectivity index (χ0) is 12.0. The molecule has 2 N–H and O–H groups in total. The van der Waals surface area contributed by atoms with Gasteiger partial charge < -0.3 is 10.6 Å². The van der Waals surface area contributed by atoms with E-state index >= 15 is 0 Å². The molecule has 0 aliphatic heterocycles. The summed E-state index contributed by atoms with van der Waals surface area (Å²) in [6.07, 6.45) is 8.17. The van der Waals surface area contributed by atoms with Crippen LogP contribution in [0.2, 0.25) is 0 Å². The molecule has 0 aromatic rings. The van der Waals surface area contributed by atoms with Crippen molar-refractivity contribution in [2.24, 2.45) is 11.7 Å². The maximum atomic E-state index is 5.87. The smallest absolute Gasteiger partial charge is 0.00952 e. The fraction of sp³-hybridized carbons (Fsp3) is 1.00. The molecule has 0 spiro atoms. The maximum absolute atomic E-state index is 5.87. The molecular formula is C14H30N2. The van der Waals surface area contributed by atoms with Crippen molar-refractivity contribution in [3.05, 3.63) is 0 Å². The van der Waals surface area contributed by atoms with Crippen molar-refractivity contribution >= 4 is 0 Å². The Morgan fingerprint density at radius 3 is 2.12 bits per heavy atom. The lowest BCUT2D eigenvalue weighted by Crippen LogP contribution is -2.37. The van der Waals surface area contributed by atoms with E-state index < -0.39 is 0 Å². The Balaban J connectivity index is 2.34. The largest absolute Gasteiger partial charge is 0.328 e. The first kappa shape index (κ1) is 14.0. The van der Waals surface area contributed by atoms with Crippen LogP contribution in [-0.4, -0.2) is 30.1 Å². The summed E-state index contributed by atoms with van der Waals surface area (Å²) in [5, 5.41) is 0. The van der Waals surface area contributed by atoms with E-state index in [0.29, 0.717) is 6.04 Å². The quantitative estimate of drug-likeness (QED) is 0.723. The molecule has 0 saturated heterocycles. The fourth-order valence-corrected chi connectivity index (χ4v) is 2.54. The van der Waals surface area contributed by atoms with Gasteiger partial charge in [-0.05, 0) is 51.6 Å². The molecule has 0 aromatic heterocycles. The molecule has 96 valence electrons. The number of hydrogen-bond acceptors (Lipinski definition) is 2. The van der Waals surface area contributed by atoms with Crippen LogP contribution in [0, 0.1) is 5.92 Å². The Morgan fingerprint density at radius 1 is 1.06 bits per heavy atom. The van der Waals surface area contributed by atoms with Crippen molar-refractivity contribution in [3.63, 3.8) is 0 Å². The predicted octanol–water partition coefficient (Wildman–Crippen LogP) is 3.01.